The molecule has 1 unspecified atom stereocenters. The van der Waals surface area contributed by atoms with Crippen LogP contribution >= 0.6 is 174 Å². The molecule has 1 aromatic rings. The molecule has 0 aliphatic carbocycles. The summed E-state index contributed by atoms with van der Waals surface area (Å²) in [6.45, 7) is 1.75. The van der Waals surface area contributed by atoms with Gasteiger partial charge in [0.2, 0.25) is 11.4 Å². The van der Waals surface area contributed by atoms with E-state index in [0.717, 1.165) is 12.1 Å². The highest BCUT2D eigenvalue weighted by atomic mass is 35.6. The van der Waals surface area contributed by atoms with Crippen molar-refractivity contribution in [1.82, 2.24) is 0 Å². The molecule has 0 fully saturated rings. The highest BCUT2D eigenvalue weighted by Gasteiger charge is 2.56. The normalized spacial score (nSPS) is 15.8. The van der Waals surface area contributed by atoms with Gasteiger partial charge in [-0.1, -0.05) is 187 Å². The lowest BCUT2D eigenvalue weighted by Gasteiger charge is -2.38. The predicted octanol–water partition coefficient (Wildman–Crippen LogP) is 12.0. The van der Waals surface area contributed by atoms with E-state index in [0.29, 0.717) is 6.42 Å². The molecule has 0 aliphatic rings. The number of hydrogen-bond acceptors (Lipinski definition) is 0. The van der Waals surface area contributed by atoms with Gasteiger partial charge >= 0.3 is 0 Å². The Balaban J connectivity index is 4.31. The Hall–Kier alpha value is 3.53. The summed E-state index contributed by atoms with van der Waals surface area (Å²) in [5, 5.41) is 13.2. The molecular weight excluding hydrogens is 740 g/mol. The van der Waals surface area contributed by atoms with Gasteiger partial charge in [-0.25, -0.2) is 5.11 Å². The second kappa shape index (κ2) is 11.3. The molecule has 0 aromatic heterocycles. The minimum Gasteiger partial charge on any atom is -0.228 e. The number of hydrogen-bond donors (Lipinski definition) is 0. The van der Waals surface area contributed by atoms with E-state index >= 15 is 0 Å². The summed E-state index contributed by atoms with van der Waals surface area (Å²) in [6, 6.07) is 2.26. The van der Waals surface area contributed by atoms with Gasteiger partial charge in [-0.15, -0.1) is 0 Å². The van der Waals surface area contributed by atoms with Crippen LogP contribution in [0.25, 0.3) is 0 Å². The molecule has 0 heterocycles. The molecule has 1 atom stereocenters. The summed E-state index contributed by atoms with van der Waals surface area (Å²) >= 11 is 92.2. The van der Waals surface area contributed by atoms with Crippen LogP contribution in [0.4, 0.5) is 0 Å². The maximum absolute atomic E-state index is 13.2. The molecule has 0 N–H and O–H groups in total. The molecule has 1 aromatic carbocycles. The molecule has 185 valence electrons. The van der Waals surface area contributed by atoms with Crippen molar-refractivity contribution < 1.29 is 5.11 Å². The maximum Gasteiger partial charge on any atom is 0.227 e. The second-order valence-electron chi connectivity index (χ2n) is 6.48. The fraction of sp³-hybridized carbons (Fsp3) is 0.625. The molecule has 0 saturated carbocycles. The highest BCUT2D eigenvalue weighted by molar-refractivity contribution is 6.77. The fourth-order valence-corrected chi connectivity index (χ4v) is 4.36. The summed E-state index contributed by atoms with van der Waals surface area (Å²) < 4.78 is -14.2. The SMILES string of the molecule is CCCC([O])c1c(C(Cl)(Cl)C(Cl)(Cl)Cl)cc(C(Cl)(Cl)C(Cl)(Cl)Cl)cc1C(Cl)(Cl)C(Cl)(Cl)Cl. The summed E-state index contributed by atoms with van der Waals surface area (Å²) in [6.07, 6.45) is -1.10. The van der Waals surface area contributed by atoms with Crippen LogP contribution in [0.2, 0.25) is 0 Å². The van der Waals surface area contributed by atoms with E-state index in [1.54, 1.807) is 6.92 Å². The number of alkyl halides is 15. The van der Waals surface area contributed by atoms with Gasteiger partial charge in [0.25, 0.3) is 0 Å². The van der Waals surface area contributed by atoms with Crippen LogP contribution < -0.4 is 0 Å². The van der Waals surface area contributed by atoms with Crippen molar-refractivity contribution in [2.24, 2.45) is 0 Å². The van der Waals surface area contributed by atoms with Crippen molar-refractivity contribution in [3.63, 3.8) is 0 Å². The van der Waals surface area contributed by atoms with Crippen LogP contribution in [0, 0.1) is 0 Å². The zero-order valence-electron chi connectivity index (χ0n) is 15.2. The van der Waals surface area contributed by atoms with Crippen LogP contribution in [0.5, 0.6) is 0 Å². The van der Waals surface area contributed by atoms with E-state index in [1.807, 2.05) is 0 Å². The van der Waals surface area contributed by atoms with E-state index in [9.17, 15) is 5.11 Å². The molecule has 0 saturated heterocycles. The zero-order chi connectivity index (χ0) is 25.7. The molecule has 16 heteroatoms. The van der Waals surface area contributed by atoms with Crippen LogP contribution in [-0.2, 0) is 18.1 Å². The van der Waals surface area contributed by atoms with Crippen molar-refractivity contribution in [3.05, 3.63) is 34.4 Å². The fourth-order valence-electron chi connectivity index (χ4n) is 2.58. The molecule has 32 heavy (non-hydrogen) atoms. The Morgan fingerprint density at radius 2 is 0.938 bits per heavy atom. The molecule has 1 radical (unpaired) electrons. The Morgan fingerprint density at radius 1 is 0.625 bits per heavy atom. The number of rotatable bonds is 6. The van der Waals surface area contributed by atoms with Gasteiger partial charge < -0.3 is 0 Å². The number of benzene rings is 1. The molecule has 0 spiro atoms. The van der Waals surface area contributed by atoms with E-state index < -0.39 is 30.5 Å². The van der Waals surface area contributed by atoms with Crippen LogP contribution in [0.3, 0.4) is 0 Å². The first-order chi connectivity index (χ1) is 13.9. The first-order valence-electron chi connectivity index (χ1n) is 8.13. The van der Waals surface area contributed by atoms with Gasteiger partial charge in [-0.2, -0.15) is 0 Å². The first-order valence-corrected chi connectivity index (χ1v) is 13.8. The molecule has 0 aliphatic heterocycles. The van der Waals surface area contributed by atoms with Gasteiger partial charge in [0, 0.05) is 0 Å². The summed E-state index contributed by atoms with van der Waals surface area (Å²) in [4.78, 5) is 0. The van der Waals surface area contributed by atoms with Gasteiger partial charge in [0.05, 0.1) is 0 Å². The van der Waals surface area contributed by atoms with Crippen LogP contribution in [0.15, 0.2) is 12.1 Å². The van der Waals surface area contributed by atoms with Crippen LogP contribution in [0.1, 0.15) is 48.1 Å². The highest BCUT2D eigenvalue weighted by Crippen LogP contribution is 2.61. The third-order valence-electron chi connectivity index (χ3n) is 4.16. The van der Waals surface area contributed by atoms with Crippen LogP contribution in [-0.4, -0.2) is 11.4 Å². The third kappa shape index (κ3) is 6.93. The lowest BCUT2D eigenvalue weighted by molar-refractivity contribution is 0.0785. The molecular formula is C16H10Cl15O. The maximum atomic E-state index is 13.2. The summed E-state index contributed by atoms with van der Waals surface area (Å²) in [5.74, 6) is 0. The largest absolute Gasteiger partial charge is 0.228 e. The standard InChI is InChI=1S/C16H10Cl15O/c1-2-3-9(32)10-7(12(19,20)15(26,27)28)4-6(11(17,18)14(23,24)25)5-8(10)13(21,22)16(29,30)31/h4-5,9H,2-3H2,1H3. The van der Waals surface area contributed by atoms with Crippen molar-refractivity contribution in [2.75, 3.05) is 0 Å². The monoisotopic (exact) mass is 743 g/mol. The van der Waals surface area contributed by atoms with Gasteiger partial charge in [0.15, 0.2) is 13.0 Å². The second-order valence-corrected chi connectivity index (χ2v) is 17.3. The molecule has 0 amide bonds. The first kappa shape index (κ1) is 33.6. The predicted molar refractivity (Wildman–Crippen MR) is 146 cm³/mol. The number of halogens is 15. The lowest BCUT2D eigenvalue weighted by Crippen LogP contribution is -2.36. The lowest BCUT2D eigenvalue weighted by atomic mass is 9.87. The van der Waals surface area contributed by atoms with Gasteiger partial charge in [0.1, 0.15) is 6.10 Å². The zero-order valence-corrected chi connectivity index (χ0v) is 26.6. The Kier molecular flexibility index (Phi) is 11.9. The van der Waals surface area contributed by atoms with Crippen molar-refractivity contribution in [2.45, 2.75) is 50.2 Å². The smallest absolute Gasteiger partial charge is 0.227 e. The minimum absolute atomic E-state index is 0.0458. The Bertz CT molecular complexity index is 769. The Morgan fingerprint density at radius 3 is 1.19 bits per heavy atom. The molecule has 0 bridgehead atoms. The summed E-state index contributed by atoms with van der Waals surface area (Å²) in [5.41, 5.74) is -0.988. The van der Waals surface area contributed by atoms with E-state index in [2.05, 4.69) is 0 Å². The van der Waals surface area contributed by atoms with Gasteiger partial charge in [-0.3, -0.25) is 0 Å². The van der Waals surface area contributed by atoms with Crippen molar-refractivity contribution in [1.29, 1.82) is 0 Å². The average molecular weight is 750 g/mol. The van der Waals surface area contributed by atoms with Crippen molar-refractivity contribution in [3.8, 4) is 0 Å². The minimum atomic E-state index is -2.39. The topological polar surface area (TPSA) is 19.9 Å². The van der Waals surface area contributed by atoms with E-state index in [4.69, 9.17) is 174 Å². The Labute approximate surface area is 260 Å². The third-order valence-corrected chi connectivity index (χ3v) is 11.4. The molecule has 1 nitrogen and oxygen atoms in total. The van der Waals surface area contributed by atoms with Gasteiger partial charge in [-0.05, 0) is 40.8 Å². The molecule has 1 rings (SSSR count). The summed E-state index contributed by atoms with van der Waals surface area (Å²) in [7, 11) is 0. The van der Waals surface area contributed by atoms with Crippen molar-refractivity contribution >= 4 is 174 Å². The van der Waals surface area contributed by atoms with E-state index in [1.165, 1.54) is 0 Å². The quantitative estimate of drug-likeness (QED) is 0.258. The van der Waals surface area contributed by atoms with E-state index in [-0.39, 0.29) is 28.7 Å². The average Bonchev–Trinajstić information content (AvgIpc) is 2.57.